The predicted molar refractivity (Wildman–Crippen MR) is 129 cm³/mol. The van der Waals surface area contributed by atoms with E-state index in [1.165, 1.54) is 0 Å². The fourth-order valence-electron chi connectivity index (χ4n) is 3.44. The summed E-state index contributed by atoms with van der Waals surface area (Å²) in [4.78, 5) is 16.9. The fourth-order valence-corrected chi connectivity index (χ4v) is 3.44. The Morgan fingerprint density at radius 1 is 1.16 bits per heavy atom. The number of nitrogens with two attached hydrogens (primary N) is 1. The van der Waals surface area contributed by atoms with E-state index < -0.39 is 0 Å². The third-order valence-corrected chi connectivity index (χ3v) is 5.06. The van der Waals surface area contributed by atoms with Crippen molar-refractivity contribution in [1.82, 2.24) is 19.9 Å². The van der Waals surface area contributed by atoms with Crippen LogP contribution in [-0.4, -0.2) is 19.9 Å². The number of aromatic amines is 1. The van der Waals surface area contributed by atoms with Crippen LogP contribution in [0.3, 0.4) is 0 Å². The van der Waals surface area contributed by atoms with Crippen LogP contribution in [0.1, 0.15) is 23.9 Å². The zero-order valence-corrected chi connectivity index (χ0v) is 17.3. The molecule has 3 aromatic heterocycles. The first kappa shape index (κ1) is 20.0. The molecule has 3 N–H and O–H groups in total. The summed E-state index contributed by atoms with van der Waals surface area (Å²) >= 11 is 0. The number of aromatic nitrogens is 4. The topological polar surface area (TPSA) is 80.5 Å². The summed E-state index contributed by atoms with van der Waals surface area (Å²) in [6, 6.07) is 11.7. The molecule has 0 spiro atoms. The third-order valence-electron chi connectivity index (χ3n) is 5.06. The lowest BCUT2D eigenvalue weighted by atomic mass is 9.97. The minimum Gasteiger partial charge on any atom is -0.398 e. The highest BCUT2D eigenvalue weighted by atomic mass is 14.9. The highest BCUT2D eigenvalue weighted by molar-refractivity contribution is 5.93. The van der Waals surface area contributed by atoms with E-state index in [0.29, 0.717) is 17.1 Å². The molecule has 0 fully saturated rings. The lowest BCUT2D eigenvalue weighted by Crippen LogP contribution is -1.97. The second-order valence-electron chi connectivity index (χ2n) is 7.00. The first-order chi connectivity index (χ1) is 15.1. The van der Waals surface area contributed by atoms with Crippen molar-refractivity contribution in [3.05, 3.63) is 109 Å². The van der Waals surface area contributed by atoms with Gasteiger partial charge in [0.15, 0.2) is 0 Å². The van der Waals surface area contributed by atoms with E-state index >= 15 is 0 Å². The van der Waals surface area contributed by atoms with Gasteiger partial charge in [0.1, 0.15) is 11.3 Å². The SMILES string of the molecule is C=C/C=C\C(=C/C)c1ccc(N)c(C(=C)c2nc3c(-c4ccccn4)cncc3[nH]2)c1. The molecular weight excluding hydrogens is 382 g/mol. The molecule has 0 saturated carbocycles. The summed E-state index contributed by atoms with van der Waals surface area (Å²) in [5, 5.41) is 0. The summed E-state index contributed by atoms with van der Waals surface area (Å²) in [5.74, 6) is 0.646. The summed E-state index contributed by atoms with van der Waals surface area (Å²) in [7, 11) is 0. The average molecular weight is 406 g/mol. The van der Waals surface area contributed by atoms with Crippen LogP contribution in [0.4, 0.5) is 5.69 Å². The van der Waals surface area contributed by atoms with Gasteiger partial charge in [-0.2, -0.15) is 0 Å². The Labute approximate surface area is 181 Å². The Kier molecular flexibility index (Phi) is 5.58. The lowest BCUT2D eigenvalue weighted by molar-refractivity contribution is 1.26. The normalized spacial score (nSPS) is 11.8. The number of hydrogen-bond donors (Lipinski definition) is 2. The summed E-state index contributed by atoms with van der Waals surface area (Å²) < 4.78 is 0. The summed E-state index contributed by atoms with van der Waals surface area (Å²) in [6.45, 7) is 10.0. The van der Waals surface area contributed by atoms with Crippen molar-refractivity contribution in [2.75, 3.05) is 5.73 Å². The van der Waals surface area contributed by atoms with E-state index in [4.69, 9.17) is 10.7 Å². The van der Waals surface area contributed by atoms with Crippen LogP contribution in [0.15, 0.2) is 92.5 Å². The molecule has 0 unspecified atom stereocenters. The number of nitrogens with zero attached hydrogens (tertiary/aromatic N) is 3. The molecule has 0 saturated heterocycles. The van der Waals surface area contributed by atoms with Gasteiger partial charge in [-0.25, -0.2) is 4.98 Å². The minimum absolute atomic E-state index is 0.639. The van der Waals surface area contributed by atoms with E-state index in [0.717, 1.165) is 39.0 Å². The van der Waals surface area contributed by atoms with Crippen molar-refractivity contribution in [2.45, 2.75) is 6.92 Å². The molecule has 0 bridgehead atoms. The molecule has 0 atom stereocenters. The Bertz CT molecular complexity index is 1330. The van der Waals surface area contributed by atoms with Gasteiger partial charge in [-0.05, 0) is 42.3 Å². The van der Waals surface area contributed by atoms with Crippen molar-refractivity contribution in [3.63, 3.8) is 0 Å². The van der Waals surface area contributed by atoms with Gasteiger partial charge in [0.05, 0.1) is 17.4 Å². The average Bonchev–Trinajstić information content (AvgIpc) is 3.25. The van der Waals surface area contributed by atoms with E-state index in [9.17, 15) is 0 Å². The molecular formula is C26H23N5. The first-order valence-corrected chi connectivity index (χ1v) is 9.92. The number of nitrogens with one attached hydrogen (secondary N) is 1. The van der Waals surface area contributed by atoms with E-state index in [-0.39, 0.29) is 0 Å². The number of imidazole rings is 1. The molecule has 4 aromatic rings. The van der Waals surface area contributed by atoms with Crippen LogP contribution in [0, 0.1) is 0 Å². The van der Waals surface area contributed by atoms with E-state index in [1.54, 1.807) is 24.7 Å². The summed E-state index contributed by atoms with van der Waals surface area (Å²) in [5.41, 5.74) is 13.9. The molecule has 0 radical (unpaired) electrons. The van der Waals surface area contributed by atoms with Crippen molar-refractivity contribution >= 4 is 27.9 Å². The molecule has 5 heteroatoms. The maximum atomic E-state index is 6.31. The maximum absolute atomic E-state index is 6.31. The van der Waals surface area contributed by atoms with Gasteiger partial charge in [0.25, 0.3) is 0 Å². The predicted octanol–water partition coefficient (Wildman–Crippen LogP) is 5.81. The molecule has 0 amide bonds. The van der Waals surface area contributed by atoms with Gasteiger partial charge < -0.3 is 10.7 Å². The number of benzene rings is 1. The van der Waals surface area contributed by atoms with Gasteiger partial charge in [-0.1, -0.05) is 49.6 Å². The zero-order valence-electron chi connectivity index (χ0n) is 17.3. The quantitative estimate of drug-likeness (QED) is 0.313. The maximum Gasteiger partial charge on any atom is 0.138 e. The lowest BCUT2D eigenvalue weighted by Gasteiger charge is -2.10. The number of pyridine rings is 2. The highest BCUT2D eigenvalue weighted by Gasteiger charge is 2.15. The number of H-pyrrole nitrogens is 1. The molecule has 5 nitrogen and oxygen atoms in total. The Morgan fingerprint density at radius 2 is 2.03 bits per heavy atom. The van der Waals surface area contributed by atoms with Crippen LogP contribution in [-0.2, 0) is 0 Å². The molecule has 0 aliphatic heterocycles. The van der Waals surface area contributed by atoms with Gasteiger partial charge in [0.2, 0.25) is 0 Å². The Balaban J connectivity index is 1.78. The van der Waals surface area contributed by atoms with Crippen LogP contribution in [0.5, 0.6) is 0 Å². The number of fused-ring (bicyclic) bond motifs is 1. The smallest absolute Gasteiger partial charge is 0.138 e. The molecule has 4 rings (SSSR count). The van der Waals surface area contributed by atoms with Crippen LogP contribution >= 0.6 is 0 Å². The fraction of sp³-hybridized carbons (Fsp3) is 0.0385. The molecule has 31 heavy (non-hydrogen) atoms. The van der Waals surface area contributed by atoms with E-state index in [1.807, 2.05) is 61.5 Å². The van der Waals surface area contributed by atoms with Crippen molar-refractivity contribution in [3.8, 4) is 11.3 Å². The van der Waals surface area contributed by atoms with Gasteiger partial charge in [-0.15, -0.1) is 0 Å². The number of anilines is 1. The standard InChI is InChI=1S/C26H23N5/c1-4-6-9-18(5-2)19-11-12-22(27)20(14-19)17(3)26-30-24-16-28-15-21(25(24)31-26)23-10-7-8-13-29-23/h4-16H,1,3,27H2,2H3,(H,30,31)/b9-6-,18-5+. The summed E-state index contributed by atoms with van der Waals surface area (Å²) in [6.07, 6.45) is 13.0. The molecule has 0 aliphatic rings. The Hall–Kier alpha value is -4.25. The van der Waals surface area contributed by atoms with Crippen LogP contribution < -0.4 is 5.73 Å². The second kappa shape index (κ2) is 8.63. The van der Waals surface area contributed by atoms with Crippen molar-refractivity contribution < 1.29 is 0 Å². The number of rotatable bonds is 6. The molecule has 3 heterocycles. The van der Waals surface area contributed by atoms with Crippen LogP contribution in [0.2, 0.25) is 0 Å². The largest absolute Gasteiger partial charge is 0.398 e. The number of hydrogen-bond acceptors (Lipinski definition) is 4. The number of allylic oxidation sites excluding steroid dienone is 5. The first-order valence-electron chi connectivity index (χ1n) is 9.92. The highest BCUT2D eigenvalue weighted by Crippen LogP contribution is 2.31. The monoisotopic (exact) mass is 405 g/mol. The Morgan fingerprint density at radius 3 is 2.77 bits per heavy atom. The van der Waals surface area contributed by atoms with Crippen molar-refractivity contribution in [2.24, 2.45) is 0 Å². The molecule has 152 valence electrons. The van der Waals surface area contributed by atoms with Gasteiger partial charge in [-0.3, -0.25) is 9.97 Å². The third kappa shape index (κ3) is 3.94. The molecule has 1 aromatic carbocycles. The zero-order chi connectivity index (χ0) is 21.8. The minimum atomic E-state index is 0.639. The van der Waals surface area contributed by atoms with E-state index in [2.05, 4.69) is 28.1 Å². The van der Waals surface area contributed by atoms with Crippen LogP contribution in [0.25, 0.3) is 33.4 Å². The van der Waals surface area contributed by atoms with Gasteiger partial charge >= 0.3 is 0 Å². The van der Waals surface area contributed by atoms with Crippen molar-refractivity contribution in [1.29, 1.82) is 0 Å². The van der Waals surface area contributed by atoms with Gasteiger partial charge in [0, 0.05) is 34.8 Å². The molecule has 0 aliphatic carbocycles. The second-order valence-corrected chi connectivity index (χ2v) is 7.00. The number of nitrogen functional groups attached to an aromatic ring is 1.